The predicted molar refractivity (Wildman–Crippen MR) is 72.9 cm³/mol. The molecule has 0 N–H and O–H groups in total. The molecule has 4 fully saturated rings. The van der Waals surface area contributed by atoms with Crippen molar-refractivity contribution >= 4 is 22.1 Å². The lowest BCUT2D eigenvalue weighted by atomic mass is 9.49. The van der Waals surface area contributed by atoms with Crippen LogP contribution in [0, 0.1) is 23.2 Å². The van der Waals surface area contributed by atoms with Gasteiger partial charge in [-0.1, -0.05) is 0 Å². The summed E-state index contributed by atoms with van der Waals surface area (Å²) in [4.78, 5) is 23.5. The van der Waals surface area contributed by atoms with Gasteiger partial charge in [0.05, 0.1) is 0 Å². The molecule has 0 aliphatic heterocycles. The van der Waals surface area contributed by atoms with Gasteiger partial charge in [0.2, 0.25) is 5.50 Å². The van der Waals surface area contributed by atoms with E-state index in [-0.39, 0.29) is 23.9 Å². The molecule has 3 unspecified atom stereocenters. The van der Waals surface area contributed by atoms with E-state index in [9.17, 15) is 27.0 Å². The van der Waals surface area contributed by atoms with Gasteiger partial charge in [0.25, 0.3) is 0 Å². The quantitative estimate of drug-likeness (QED) is 0.544. The van der Waals surface area contributed by atoms with E-state index >= 15 is 0 Å². The Morgan fingerprint density at radius 3 is 2.43 bits per heavy atom. The van der Waals surface area contributed by atoms with Crippen LogP contribution in [0.25, 0.3) is 0 Å². The molecule has 0 spiro atoms. The highest BCUT2D eigenvalue weighted by Crippen LogP contribution is 2.58. The van der Waals surface area contributed by atoms with Gasteiger partial charge in [-0.25, -0.2) is 17.6 Å². The summed E-state index contributed by atoms with van der Waals surface area (Å²) >= 11 is 0. The molecule has 23 heavy (non-hydrogen) atoms. The first-order chi connectivity index (χ1) is 10.7. The summed E-state index contributed by atoms with van der Waals surface area (Å²) < 4.78 is 53.3. The monoisotopic (exact) mass is 349 g/mol. The van der Waals surface area contributed by atoms with Crippen LogP contribution in [0.5, 0.6) is 0 Å². The van der Waals surface area contributed by atoms with Gasteiger partial charge in [-0.05, 0) is 38.0 Å². The number of ether oxygens (including phenoxy) is 2. The second-order valence-electron chi connectivity index (χ2n) is 7.00. The maximum atomic E-state index is 12.9. The van der Waals surface area contributed by atoms with Crippen LogP contribution in [-0.4, -0.2) is 43.6 Å². The van der Waals surface area contributed by atoms with Crippen LogP contribution >= 0.6 is 0 Å². The lowest BCUT2D eigenvalue weighted by molar-refractivity contribution is -0.151. The van der Waals surface area contributed by atoms with Crippen molar-refractivity contribution in [2.75, 3.05) is 13.2 Å². The fourth-order valence-corrected chi connectivity index (χ4v) is 4.79. The van der Waals surface area contributed by atoms with Gasteiger partial charge in [0.1, 0.15) is 29.1 Å². The third kappa shape index (κ3) is 3.35. The Kier molecular flexibility index (Phi) is 4.12. The van der Waals surface area contributed by atoms with Gasteiger partial charge in [-0.2, -0.15) is 0 Å². The summed E-state index contributed by atoms with van der Waals surface area (Å²) in [7, 11) is -5.14. The van der Waals surface area contributed by atoms with Crippen molar-refractivity contribution in [3.8, 4) is 0 Å². The summed E-state index contributed by atoms with van der Waals surface area (Å²) in [6.07, 6.45) is 2.89. The second kappa shape index (κ2) is 5.70. The van der Waals surface area contributed by atoms with Gasteiger partial charge < -0.3 is 14.0 Å². The predicted octanol–water partition coefficient (Wildman–Crippen LogP) is 1.38. The Labute approximate surface area is 133 Å². The molecule has 0 aromatic carbocycles. The number of Topliss-reactive ketones (excluding diaryl/α,β-unsaturated/α-hetero) is 1. The zero-order valence-corrected chi connectivity index (χ0v) is 13.2. The molecule has 0 heterocycles. The van der Waals surface area contributed by atoms with E-state index in [4.69, 9.17) is 4.74 Å². The first kappa shape index (κ1) is 16.6. The molecule has 3 atom stereocenters. The average Bonchev–Trinajstić information content (AvgIpc) is 2.46. The molecule has 4 bridgehead atoms. The highest BCUT2D eigenvalue weighted by Gasteiger charge is 2.55. The minimum Gasteiger partial charge on any atom is -0.746 e. The number of carbonyl (C=O) groups is 2. The Morgan fingerprint density at radius 1 is 1.26 bits per heavy atom. The molecule has 9 heteroatoms. The van der Waals surface area contributed by atoms with Crippen molar-refractivity contribution in [3.63, 3.8) is 0 Å². The standard InChI is InChI=1S/C14H19FO7S/c15-11(23(18,19)20)6-21-13(17)22-7-14-3-8-1-9(4-14)12(16)10(2-8)5-14/h8-11H,1-7H2,(H,18,19,20)/p-1. The Balaban J connectivity index is 1.51. The number of carbonyl (C=O) groups excluding carboxylic acids is 2. The Bertz CT molecular complexity index is 599. The van der Waals surface area contributed by atoms with Crippen LogP contribution in [0.4, 0.5) is 9.18 Å². The SMILES string of the molecule is O=C(OCC(F)S(=O)(=O)[O-])OCC12CC3CC(C1)C(=O)C(C3)C2. The molecular weight excluding hydrogens is 331 g/mol. The molecule has 0 amide bonds. The Hall–Kier alpha value is -1.22. The lowest BCUT2D eigenvalue weighted by Gasteiger charge is -2.55. The van der Waals surface area contributed by atoms with Gasteiger partial charge in [-0.3, -0.25) is 4.79 Å². The average molecular weight is 349 g/mol. The lowest BCUT2D eigenvalue weighted by Crippen LogP contribution is -2.53. The second-order valence-corrected chi connectivity index (χ2v) is 8.50. The first-order valence-corrected chi connectivity index (χ1v) is 9.08. The fraction of sp³-hybridized carbons (Fsp3) is 0.857. The molecule has 0 aromatic heterocycles. The van der Waals surface area contributed by atoms with E-state index in [1.807, 2.05) is 0 Å². The number of hydrogen-bond donors (Lipinski definition) is 0. The van der Waals surface area contributed by atoms with E-state index in [1.54, 1.807) is 0 Å². The van der Waals surface area contributed by atoms with Crippen molar-refractivity contribution < 1.29 is 36.4 Å². The summed E-state index contributed by atoms with van der Waals surface area (Å²) in [5.41, 5.74) is -3.03. The molecule has 4 rings (SSSR count). The Morgan fingerprint density at radius 2 is 1.87 bits per heavy atom. The molecule has 4 aliphatic rings. The molecular formula is C14H18FO7S-. The van der Waals surface area contributed by atoms with Crippen LogP contribution in [-0.2, 0) is 24.4 Å². The van der Waals surface area contributed by atoms with Crippen molar-refractivity contribution in [2.45, 2.75) is 37.6 Å². The van der Waals surface area contributed by atoms with E-state index in [1.165, 1.54) is 0 Å². The number of alkyl halides is 1. The molecule has 4 aliphatic carbocycles. The maximum absolute atomic E-state index is 12.9. The van der Waals surface area contributed by atoms with Gasteiger partial charge >= 0.3 is 6.16 Å². The van der Waals surface area contributed by atoms with Crippen LogP contribution in [0.15, 0.2) is 0 Å². The third-order valence-electron chi connectivity index (χ3n) is 5.26. The van der Waals surface area contributed by atoms with Crippen LogP contribution in [0.1, 0.15) is 32.1 Å². The number of halogens is 1. The fourth-order valence-electron chi connectivity index (χ4n) is 4.56. The van der Waals surface area contributed by atoms with Gasteiger partial charge in [0.15, 0.2) is 0 Å². The topological polar surface area (TPSA) is 110 Å². The smallest absolute Gasteiger partial charge is 0.508 e. The number of rotatable bonds is 5. The van der Waals surface area contributed by atoms with E-state index in [0.29, 0.717) is 24.5 Å². The highest BCUT2D eigenvalue weighted by molar-refractivity contribution is 7.86. The summed E-state index contributed by atoms with van der Waals surface area (Å²) in [5, 5.41) is 0. The summed E-state index contributed by atoms with van der Waals surface area (Å²) in [6.45, 7) is -1.10. The normalized spacial score (nSPS) is 36.8. The summed E-state index contributed by atoms with van der Waals surface area (Å²) in [6, 6.07) is 0. The van der Waals surface area contributed by atoms with Crippen molar-refractivity contribution in [1.82, 2.24) is 0 Å². The van der Waals surface area contributed by atoms with Gasteiger partial charge in [0, 0.05) is 17.3 Å². The molecule has 0 aromatic rings. The van der Waals surface area contributed by atoms with Crippen molar-refractivity contribution in [1.29, 1.82) is 0 Å². The van der Waals surface area contributed by atoms with Crippen LogP contribution < -0.4 is 0 Å². The van der Waals surface area contributed by atoms with E-state index in [2.05, 4.69) is 4.74 Å². The van der Waals surface area contributed by atoms with Gasteiger partial charge in [-0.15, -0.1) is 0 Å². The zero-order valence-electron chi connectivity index (χ0n) is 12.4. The minimum atomic E-state index is -5.14. The maximum Gasteiger partial charge on any atom is 0.508 e. The first-order valence-electron chi connectivity index (χ1n) is 7.61. The largest absolute Gasteiger partial charge is 0.746 e. The number of hydrogen-bond acceptors (Lipinski definition) is 7. The molecule has 0 radical (unpaired) electrons. The van der Waals surface area contributed by atoms with Crippen LogP contribution in [0.3, 0.4) is 0 Å². The van der Waals surface area contributed by atoms with Crippen molar-refractivity contribution in [3.05, 3.63) is 0 Å². The van der Waals surface area contributed by atoms with E-state index < -0.39 is 28.4 Å². The molecule has 4 saturated carbocycles. The zero-order chi connectivity index (χ0) is 16.8. The van der Waals surface area contributed by atoms with E-state index in [0.717, 1.165) is 19.3 Å². The molecule has 0 saturated heterocycles. The third-order valence-corrected chi connectivity index (χ3v) is 6.03. The highest BCUT2D eigenvalue weighted by atomic mass is 32.2. The minimum absolute atomic E-state index is 0.0432. The summed E-state index contributed by atoms with van der Waals surface area (Å²) in [5.74, 6) is 0.883. The van der Waals surface area contributed by atoms with Crippen molar-refractivity contribution in [2.24, 2.45) is 23.2 Å². The number of ketones is 1. The molecule has 130 valence electrons. The van der Waals surface area contributed by atoms with Crippen LogP contribution in [0.2, 0.25) is 0 Å². The molecule has 7 nitrogen and oxygen atoms in total.